The Balaban J connectivity index is 2.06. The fourth-order valence-electron chi connectivity index (χ4n) is 2.75. The Hall–Kier alpha value is -1.75. The summed E-state index contributed by atoms with van der Waals surface area (Å²) in [5, 5.41) is 9.15. The summed E-state index contributed by atoms with van der Waals surface area (Å²) >= 11 is 0. The molecule has 0 spiro atoms. The van der Waals surface area contributed by atoms with Crippen molar-refractivity contribution in [3.8, 4) is 11.5 Å². The summed E-state index contributed by atoms with van der Waals surface area (Å²) in [5.41, 5.74) is 1.10. The topological polar surface area (TPSA) is 59.0 Å². The maximum Gasteiger partial charge on any atom is 0.308 e. The number of ether oxygens (including phenoxy) is 2. The van der Waals surface area contributed by atoms with E-state index < -0.39 is 5.97 Å². The van der Waals surface area contributed by atoms with Crippen LogP contribution in [0.15, 0.2) is 18.2 Å². The molecular weight excluding hydrogens is 258 g/mol. The Morgan fingerprint density at radius 1 is 1.30 bits per heavy atom. The molecule has 1 saturated heterocycles. The van der Waals surface area contributed by atoms with Gasteiger partial charge in [0, 0.05) is 19.6 Å². The Labute approximate surface area is 119 Å². The molecule has 0 saturated carbocycles. The number of likely N-dealkylation sites (tertiary alicyclic amines) is 1. The molecule has 5 nitrogen and oxygen atoms in total. The average Bonchev–Trinajstić information content (AvgIpc) is 2.79. The average molecular weight is 279 g/mol. The molecule has 0 radical (unpaired) electrons. The SMILES string of the molecule is COc1ccc(CN2C[C@@H](C)[C@H](C(=O)O)C2)cc1OC. The lowest BCUT2D eigenvalue weighted by Crippen LogP contribution is -2.23. The third-order valence-electron chi connectivity index (χ3n) is 3.86. The van der Waals surface area contributed by atoms with Crippen molar-refractivity contribution in [2.45, 2.75) is 13.5 Å². The first-order valence-electron chi connectivity index (χ1n) is 6.71. The van der Waals surface area contributed by atoms with E-state index in [-0.39, 0.29) is 11.8 Å². The summed E-state index contributed by atoms with van der Waals surface area (Å²) in [5.74, 6) is 0.622. The molecule has 110 valence electrons. The number of methoxy groups -OCH3 is 2. The van der Waals surface area contributed by atoms with Crippen LogP contribution in [-0.2, 0) is 11.3 Å². The van der Waals surface area contributed by atoms with E-state index in [1.165, 1.54) is 0 Å². The minimum atomic E-state index is -0.702. The monoisotopic (exact) mass is 279 g/mol. The van der Waals surface area contributed by atoms with Crippen molar-refractivity contribution in [2.75, 3.05) is 27.3 Å². The maximum atomic E-state index is 11.1. The van der Waals surface area contributed by atoms with E-state index >= 15 is 0 Å². The first kappa shape index (κ1) is 14.7. The first-order chi connectivity index (χ1) is 9.55. The summed E-state index contributed by atoms with van der Waals surface area (Å²) in [6.45, 7) is 4.14. The molecule has 0 unspecified atom stereocenters. The zero-order chi connectivity index (χ0) is 14.7. The molecule has 1 aliphatic heterocycles. The molecule has 0 aromatic heterocycles. The number of aliphatic carboxylic acids is 1. The predicted molar refractivity (Wildman–Crippen MR) is 75.1 cm³/mol. The number of carboxylic acids is 1. The highest BCUT2D eigenvalue weighted by Crippen LogP contribution is 2.30. The van der Waals surface area contributed by atoms with Gasteiger partial charge in [0.15, 0.2) is 11.5 Å². The van der Waals surface area contributed by atoms with Gasteiger partial charge in [-0.3, -0.25) is 9.69 Å². The lowest BCUT2D eigenvalue weighted by molar-refractivity contribution is -0.142. The Morgan fingerprint density at radius 2 is 2.00 bits per heavy atom. The van der Waals surface area contributed by atoms with Gasteiger partial charge in [-0.05, 0) is 23.6 Å². The molecule has 2 rings (SSSR count). The van der Waals surface area contributed by atoms with Crippen molar-refractivity contribution < 1.29 is 19.4 Å². The molecule has 1 N–H and O–H groups in total. The van der Waals surface area contributed by atoms with Gasteiger partial charge in [-0.1, -0.05) is 13.0 Å². The normalized spacial score (nSPS) is 22.8. The smallest absolute Gasteiger partial charge is 0.308 e. The molecule has 0 amide bonds. The zero-order valence-corrected chi connectivity index (χ0v) is 12.1. The van der Waals surface area contributed by atoms with E-state index in [2.05, 4.69) is 4.90 Å². The molecule has 1 aromatic rings. The third-order valence-corrected chi connectivity index (χ3v) is 3.86. The minimum absolute atomic E-state index is 0.188. The van der Waals surface area contributed by atoms with Crippen LogP contribution in [0.5, 0.6) is 11.5 Å². The lowest BCUT2D eigenvalue weighted by atomic mass is 9.99. The van der Waals surface area contributed by atoms with E-state index in [1.54, 1.807) is 14.2 Å². The Bertz CT molecular complexity index is 489. The number of nitrogens with zero attached hydrogens (tertiary/aromatic N) is 1. The highest BCUT2D eigenvalue weighted by Gasteiger charge is 2.34. The lowest BCUT2D eigenvalue weighted by Gasteiger charge is -2.16. The number of hydrogen-bond acceptors (Lipinski definition) is 4. The summed E-state index contributed by atoms with van der Waals surface area (Å²) in [6.07, 6.45) is 0. The summed E-state index contributed by atoms with van der Waals surface area (Å²) in [6, 6.07) is 5.81. The van der Waals surface area contributed by atoms with Crippen LogP contribution in [0.2, 0.25) is 0 Å². The van der Waals surface area contributed by atoms with Crippen LogP contribution in [0, 0.1) is 11.8 Å². The highest BCUT2D eigenvalue weighted by atomic mass is 16.5. The molecule has 2 atom stereocenters. The zero-order valence-electron chi connectivity index (χ0n) is 12.1. The molecule has 5 heteroatoms. The highest BCUT2D eigenvalue weighted by molar-refractivity contribution is 5.71. The molecule has 0 bridgehead atoms. The van der Waals surface area contributed by atoms with Gasteiger partial charge >= 0.3 is 5.97 Å². The van der Waals surface area contributed by atoms with Gasteiger partial charge in [-0.25, -0.2) is 0 Å². The van der Waals surface area contributed by atoms with Crippen molar-refractivity contribution in [2.24, 2.45) is 11.8 Å². The molecular formula is C15H21NO4. The second-order valence-electron chi connectivity index (χ2n) is 5.31. The van der Waals surface area contributed by atoms with Gasteiger partial charge < -0.3 is 14.6 Å². The maximum absolute atomic E-state index is 11.1. The summed E-state index contributed by atoms with van der Waals surface area (Å²) in [4.78, 5) is 13.3. The van der Waals surface area contributed by atoms with Crippen LogP contribution < -0.4 is 9.47 Å². The number of carbonyl (C=O) groups is 1. The predicted octanol–water partition coefficient (Wildman–Crippen LogP) is 1.86. The van der Waals surface area contributed by atoms with Gasteiger partial charge in [0.25, 0.3) is 0 Å². The van der Waals surface area contributed by atoms with E-state index in [0.29, 0.717) is 18.0 Å². The summed E-state index contributed by atoms with van der Waals surface area (Å²) < 4.78 is 10.5. The van der Waals surface area contributed by atoms with Crippen LogP contribution >= 0.6 is 0 Å². The van der Waals surface area contributed by atoms with Gasteiger partial charge in [0.2, 0.25) is 0 Å². The molecule has 1 aromatic carbocycles. The second kappa shape index (κ2) is 6.13. The van der Waals surface area contributed by atoms with Crippen molar-refractivity contribution in [3.63, 3.8) is 0 Å². The van der Waals surface area contributed by atoms with Crippen LogP contribution in [0.1, 0.15) is 12.5 Å². The second-order valence-corrected chi connectivity index (χ2v) is 5.31. The van der Waals surface area contributed by atoms with Crippen molar-refractivity contribution in [1.82, 2.24) is 4.90 Å². The van der Waals surface area contributed by atoms with Gasteiger partial charge in [-0.15, -0.1) is 0 Å². The fourth-order valence-corrected chi connectivity index (χ4v) is 2.75. The first-order valence-corrected chi connectivity index (χ1v) is 6.71. The van der Waals surface area contributed by atoms with Crippen molar-refractivity contribution in [1.29, 1.82) is 0 Å². The summed E-state index contributed by atoms with van der Waals surface area (Å²) in [7, 11) is 3.22. The number of carboxylic acid groups (broad SMARTS) is 1. The van der Waals surface area contributed by atoms with E-state index in [9.17, 15) is 4.79 Å². The van der Waals surface area contributed by atoms with Crippen molar-refractivity contribution in [3.05, 3.63) is 23.8 Å². The van der Waals surface area contributed by atoms with Crippen LogP contribution in [0.4, 0.5) is 0 Å². The molecule has 1 aliphatic rings. The van der Waals surface area contributed by atoms with E-state index in [4.69, 9.17) is 14.6 Å². The van der Waals surface area contributed by atoms with E-state index in [0.717, 1.165) is 18.7 Å². The molecule has 1 fully saturated rings. The molecule has 0 aliphatic carbocycles. The fraction of sp³-hybridized carbons (Fsp3) is 0.533. The van der Waals surface area contributed by atoms with Gasteiger partial charge in [0.05, 0.1) is 20.1 Å². The van der Waals surface area contributed by atoms with Crippen molar-refractivity contribution >= 4 is 5.97 Å². The standard InChI is InChI=1S/C15H21NO4/c1-10-7-16(9-12(10)15(17)18)8-11-4-5-13(19-2)14(6-11)20-3/h4-6,10,12H,7-9H2,1-3H3,(H,17,18)/t10-,12-/m1/s1. The van der Waals surface area contributed by atoms with E-state index in [1.807, 2.05) is 25.1 Å². The number of hydrogen-bond donors (Lipinski definition) is 1. The van der Waals surface area contributed by atoms with Crippen LogP contribution in [0.25, 0.3) is 0 Å². The van der Waals surface area contributed by atoms with Crippen LogP contribution in [0.3, 0.4) is 0 Å². The number of benzene rings is 1. The third kappa shape index (κ3) is 3.04. The minimum Gasteiger partial charge on any atom is -0.493 e. The van der Waals surface area contributed by atoms with Crippen LogP contribution in [-0.4, -0.2) is 43.3 Å². The largest absolute Gasteiger partial charge is 0.493 e. The molecule has 20 heavy (non-hydrogen) atoms. The quantitative estimate of drug-likeness (QED) is 0.891. The van der Waals surface area contributed by atoms with Gasteiger partial charge in [0.1, 0.15) is 0 Å². The Morgan fingerprint density at radius 3 is 2.55 bits per heavy atom. The Kier molecular flexibility index (Phi) is 4.49. The van der Waals surface area contributed by atoms with Gasteiger partial charge in [-0.2, -0.15) is 0 Å². The molecule has 1 heterocycles. The number of rotatable bonds is 5.